The zero-order valence-electron chi connectivity index (χ0n) is 31.2. The van der Waals surface area contributed by atoms with Crippen molar-refractivity contribution in [2.75, 3.05) is 25.6 Å². The molecule has 3 fully saturated rings. The normalized spacial score (nSPS) is 35.5. The summed E-state index contributed by atoms with van der Waals surface area (Å²) in [7, 11) is -0.758. The van der Waals surface area contributed by atoms with Crippen LogP contribution in [-0.4, -0.2) is 51.3 Å². The van der Waals surface area contributed by atoms with E-state index >= 15 is 0 Å². The minimum atomic E-state index is -1.85. The Balaban J connectivity index is 1.46. The molecule has 0 N–H and O–H groups in total. The van der Waals surface area contributed by atoms with E-state index in [1.807, 2.05) is 0 Å². The number of hydrogen-bond acceptors (Lipinski definition) is 4. The molecule has 0 radical (unpaired) electrons. The van der Waals surface area contributed by atoms with Gasteiger partial charge in [-0.3, -0.25) is 0 Å². The molecule has 7 heteroatoms. The van der Waals surface area contributed by atoms with E-state index in [1.165, 1.54) is 31.4 Å². The van der Waals surface area contributed by atoms with Crippen LogP contribution < -0.4 is 4.90 Å². The minimum Gasteiger partial charge on any atom is -0.545 e. The number of hydrogen-bond donors (Lipinski definition) is 0. The molecule has 2 unspecified atom stereocenters. The average molecular weight is 678 g/mol. The zero-order valence-corrected chi connectivity index (χ0v) is 34.2. The largest absolute Gasteiger partial charge is 0.545 e. The molecule has 7 atom stereocenters. The third kappa shape index (κ3) is 6.14. The van der Waals surface area contributed by atoms with Crippen LogP contribution in [0.2, 0.25) is 58.9 Å². The number of anilines is 1. The van der Waals surface area contributed by atoms with Crippen molar-refractivity contribution in [2.24, 2.45) is 28.6 Å². The van der Waals surface area contributed by atoms with Gasteiger partial charge < -0.3 is 18.2 Å². The highest BCUT2D eigenvalue weighted by Crippen LogP contribution is 2.74. The second kappa shape index (κ2) is 11.6. The Morgan fingerprint density at radius 1 is 0.957 bits per heavy atom. The fourth-order valence-electron chi connectivity index (χ4n) is 10.7. The molecule has 0 amide bonds. The van der Waals surface area contributed by atoms with Crippen molar-refractivity contribution in [2.45, 2.75) is 122 Å². The maximum Gasteiger partial charge on any atom is 0.242 e. The molecular formula is C39H63NO3Si3. The first-order chi connectivity index (χ1) is 21.3. The minimum absolute atomic E-state index is 0.0859. The van der Waals surface area contributed by atoms with E-state index in [0.29, 0.717) is 30.3 Å². The predicted molar refractivity (Wildman–Crippen MR) is 202 cm³/mol. The molecule has 1 aromatic rings. The van der Waals surface area contributed by atoms with Crippen molar-refractivity contribution in [1.29, 1.82) is 0 Å². The Kier molecular flexibility index (Phi) is 8.70. The van der Waals surface area contributed by atoms with Gasteiger partial charge in [-0.2, -0.15) is 0 Å². The van der Waals surface area contributed by atoms with Gasteiger partial charge in [-0.15, -0.1) is 0 Å². The topological polar surface area (TPSA) is 30.9 Å². The number of fused-ring (bicyclic) bond motifs is 4. The summed E-state index contributed by atoms with van der Waals surface area (Å²) in [5, 5.41) is 0. The number of benzene rings is 1. The lowest BCUT2D eigenvalue weighted by molar-refractivity contribution is -0.112. The van der Waals surface area contributed by atoms with E-state index in [4.69, 9.17) is 13.3 Å². The van der Waals surface area contributed by atoms with Crippen LogP contribution in [-0.2, 0) is 19.7 Å². The molecule has 0 bridgehead atoms. The number of rotatable bonds is 9. The summed E-state index contributed by atoms with van der Waals surface area (Å²) in [4.78, 5) is 2.28. The molecule has 1 aromatic carbocycles. The van der Waals surface area contributed by atoms with Crippen molar-refractivity contribution in [3.8, 4) is 0 Å². The van der Waals surface area contributed by atoms with Crippen LogP contribution in [0.25, 0.3) is 0 Å². The molecule has 46 heavy (non-hydrogen) atoms. The predicted octanol–water partition coefficient (Wildman–Crippen LogP) is 10.3. The summed E-state index contributed by atoms with van der Waals surface area (Å²) in [6.07, 6.45) is 18.3. The van der Waals surface area contributed by atoms with Crippen LogP contribution in [0, 0.1) is 28.6 Å². The van der Waals surface area contributed by atoms with Crippen molar-refractivity contribution >= 4 is 30.6 Å². The van der Waals surface area contributed by atoms with Gasteiger partial charge in [0.15, 0.2) is 16.6 Å². The number of nitrogens with zero attached hydrogens (tertiary/aromatic N) is 1. The Bertz CT molecular complexity index is 1430. The van der Waals surface area contributed by atoms with Crippen molar-refractivity contribution in [3.63, 3.8) is 0 Å². The van der Waals surface area contributed by atoms with Gasteiger partial charge in [-0.05, 0) is 163 Å². The summed E-state index contributed by atoms with van der Waals surface area (Å²) in [5.41, 5.74) is 6.27. The van der Waals surface area contributed by atoms with Gasteiger partial charge in [0.1, 0.15) is 0 Å². The standard InChI is InChI=1S/C39H63NO3Si3/c1-37-27-34-32-17-15-30(40(2)3)24-28(32)26-38-21-18-31(42-45(7,8)9)25-29(38)14-16-33(36(34)38)35(37)19-22-39(37,43-46(10,11)12)20-13-23-41-44(4,5)6/h13,15,17-18,20,24-25,33-36H,14,16,19,21-23,26-27H2,1-12H3/b20-13-/t33-,34?,35-,36?,37-,38+,39-/m0/s1. The zero-order chi connectivity index (χ0) is 33.5. The van der Waals surface area contributed by atoms with Gasteiger partial charge in [-0.1, -0.05) is 30.7 Å². The van der Waals surface area contributed by atoms with Gasteiger partial charge in [0.2, 0.25) is 8.32 Å². The molecule has 0 heterocycles. The average Bonchev–Trinajstić information content (AvgIpc) is 3.19. The van der Waals surface area contributed by atoms with Crippen LogP contribution in [0.4, 0.5) is 5.69 Å². The Morgan fingerprint density at radius 3 is 2.35 bits per heavy atom. The highest BCUT2D eigenvalue weighted by atomic mass is 28.4. The van der Waals surface area contributed by atoms with E-state index in [-0.39, 0.29) is 16.4 Å². The lowest BCUT2D eigenvalue weighted by Crippen LogP contribution is -2.60. The second-order valence-corrected chi connectivity index (χ2v) is 32.2. The molecule has 0 aromatic heterocycles. The molecule has 3 saturated carbocycles. The molecule has 6 rings (SSSR count). The van der Waals surface area contributed by atoms with Gasteiger partial charge in [0, 0.05) is 30.6 Å². The highest BCUT2D eigenvalue weighted by molar-refractivity contribution is 6.70. The third-order valence-corrected chi connectivity index (χ3v) is 15.0. The smallest absolute Gasteiger partial charge is 0.242 e. The Hall–Kier alpha value is -1.39. The van der Waals surface area contributed by atoms with Gasteiger partial charge >= 0.3 is 0 Å². The SMILES string of the molecule is CN(C)c1ccc2c(c1)C[C@]13CC=C(O[Si](C)(C)C)C=C1CC[C@@H]1C3C2C[C@@]2(C)[C@H]1CC[C@]2(/C=C\CO[Si](C)(C)C)O[Si](C)(C)C. The fraction of sp³-hybridized carbons (Fsp3) is 0.692. The van der Waals surface area contributed by atoms with E-state index in [1.54, 1.807) is 16.7 Å². The van der Waals surface area contributed by atoms with E-state index in [0.717, 1.165) is 25.0 Å². The maximum atomic E-state index is 7.48. The first kappa shape index (κ1) is 34.5. The molecule has 4 nitrogen and oxygen atoms in total. The number of allylic oxidation sites excluding steroid dienone is 3. The fourth-order valence-corrected chi connectivity index (χ4v) is 13.6. The third-order valence-electron chi connectivity index (χ3n) is 12.1. The van der Waals surface area contributed by atoms with Crippen molar-refractivity contribution < 1.29 is 13.3 Å². The Morgan fingerprint density at radius 2 is 1.70 bits per heavy atom. The lowest BCUT2D eigenvalue weighted by atomic mass is 9.40. The molecule has 0 saturated heterocycles. The van der Waals surface area contributed by atoms with Crippen LogP contribution >= 0.6 is 0 Å². The maximum absolute atomic E-state index is 7.48. The molecule has 1 spiro atoms. The van der Waals surface area contributed by atoms with Crippen molar-refractivity contribution in [3.05, 3.63) is 65.0 Å². The molecule has 0 aliphatic heterocycles. The van der Waals surface area contributed by atoms with E-state index in [2.05, 4.69) is 127 Å². The molecular weight excluding hydrogens is 615 g/mol. The van der Waals surface area contributed by atoms with Gasteiger partial charge in [0.05, 0.1) is 18.0 Å². The molecule has 5 aliphatic carbocycles. The van der Waals surface area contributed by atoms with E-state index in [9.17, 15) is 0 Å². The van der Waals surface area contributed by atoms with E-state index < -0.39 is 25.0 Å². The summed E-state index contributed by atoms with van der Waals surface area (Å²) in [5.74, 6) is 3.76. The van der Waals surface area contributed by atoms with Crippen LogP contribution in [0.5, 0.6) is 0 Å². The van der Waals surface area contributed by atoms with Crippen molar-refractivity contribution in [1.82, 2.24) is 0 Å². The lowest BCUT2D eigenvalue weighted by Gasteiger charge is -2.65. The molecule has 5 aliphatic rings. The molecule has 254 valence electrons. The summed E-state index contributed by atoms with van der Waals surface area (Å²) >= 11 is 0. The highest BCUT2D eigenvalue weighted by Gasteiger charge is 2.68. The van der Waals surface area contributed by atoms with Crippen LogP contribution in [0.15, 0.2) is 53.8 Å². The summed E-state index contributed by atoms with van der Waals surface area (Å²) in [6.45, 7) is 24.3. The summed E-state index contributed by atoms with van der Waals surface area (Å²) < 4.78 is 20.5. The van der Waals surface area contributed by atoms with Crippen LogP contribution in [0.1, 0.15) is 62.5 Å². The monoisotopic (exact) mass is 677 g/mol. The first-order valence-corrected chi connectivity index (χ1v) is 28.4. The quantitative estimate of drug-likeness (QED) is 0.192. The second-order valence-electron chi connectivity index (χ2n) is 18.8. The van der Waals surface area contributed by atoms with Gasteiger partial charge in [0.25, 0.3) is 0 Å². The van der Waals surface area contributed by atoms with Crippen LogP contribution in [0.3, 0.4) is 0 Å². The van der Waals surface area contributed by atoms with Gasteiger partial charge in [-0.25, -0.2) is 0 Å². The first-order valence-electron chi connectivity index (χ1n) is 18.2. The summed E-state index contributed by atoms with van der Waals surface area (Å²) in [6, 6.07) is 7.43. The Labute approximate surface area is 284 Å².